The third-order valence-electron chi connectivity index (χ3n) is 2.14. The second-order valence-corrected chi connectivity index (χ2v) is 3.70. The van der Waals surface area contributed by atoms with Gasteiger partial charge in [-0.3, -0.25) is 4.68 Å². The molecule has 0 aliphatic heterocycles. The first-order valence-electron chi connectivity index (χ1n) is 4.79. The van der Waals surface area contributed by atoms with Crippen molar-refractivity contribution in [2.75, 3.05) is 6.54 Å². The van der Waals surface area contributed by atoms with Gasteiger partial charge in [0.05, 0.1) is 12.2 Å². The topological polar surface area (TPSA) is 43.8 Å². The Morgan fingerprint density at radius 3 is 2.60 bits per heavy atom. The fraction of sp³-hybridized carbons (Fsp3) is 0.182. The highest BCUT2D eigenvalue weighted by atomic mass is 35.5. The van der Waals surface area contributed by atoms with Crippen LogP contribution in [0.15, 0.2) is 36.5 Å². The molecule has 2 rings (SSSR count). The van der Waals surface area contributed by atoms with Crippen molar-refractivity contribution in [3.63, 3.8) is 0 Å². The summed E-state index contributed by atoms with van der Waals surface area (Å²) < 4.78 is 1.84. The SMILES string of the molecule is NCCn1ccc(-c2ccc(Cl)cc2)n1. The van der Waals surface area contributed by atoms with Gasteiger partial charge < -0.3 is 5.73 Å². The van der Waals surface area contributed by atoms with E-state index in [1.165, 1.54) is 0 Å². The van der Waals surface area contributed by atoms with Crippen LogP contribution >= 0.6 is 11.6 Å². The molecule has 1 aromatic heterocycles. The minimum absolute atomic E-state index is 0.599. The highest BCUT2D eigenvalue weighted by Gasteiger charge is 2.01. The van der Waals surface area contributed by atoms with Crippen LogP contribution in [0.3, 0.4) is 0 Å². The van der Waals surface area contributed by atoms with Gasteiger partial charge in [-0.05, 0) is 18.2 Å². The van der Waals surface area contributed by atoms with Crippen molar-refractivity contribution in [3.05, 3.63) is 41.6 Å². The van der Waals surface area contributed by atoms with Crippen LogP contribution in [0.1, 0.15) is 0 Å². The maximum Gasteiger partial charge on any atom is 0.0923 e. The fourth-order valence-electron chi connectivity index (χ4n) is 1.39. The van der Waals surface area contributed by atoms with Crippen molar-refractivity contribution in [1.82, 2.24) is 9.78 Å². The highest BCUT2D eigenvalue weighted by Crippen LogP contribution is 2.19. The van der Waals surface area contributed by atoms with Crippen LogP contribution in [0.25, 0.3) is 11.3 Å². The molecule has 0 aliphatic carbocycles. The van der Waals surface area contributed by atoms with E-state index < -0.39 is 0 Å². The van der Waals surface area contributed by atoms with Crippen molar-refractivity contribution in [3.8, 4) is 11.3 Å². The van der Waals surface area contributed by atoms with Crippen LogP contribution < -0.4 is 5.73 Å². The maximum absolute atomic E-state index is 5.81. The molecule has 78 valence electrons. The lowest BCUT2D eigenvalue weighted by Crippen LogP contribution is -2.09. The van der Waals surface area contributed by atoms with Crippen LogP contribution in [-0.4, -0.2) is 16.3 Å². The molecule has 0 atom stereocenters. The molecule has 0 bridgehead atoms. The summed E-state index contributed by atoms with van der Waals surface area (Å²) in [5.74, 6) is 0. The molecule has 3 nitrogen and oxygen atoms in total. The van der Waals surface area contributed by atoms with Crippen LogP contribution in [0.4, 0.5) is 0 Å². The van der Waals surface area contributed by atoms with E-state index in [4.69, 9.17) is 17.3 Å². The van der Waals surface area contributed by atoms with E-state index in [9.17, 15) is 0 Å². The van der Waals surface area contributed by atoms with Crippen LogP contribution in [0.5, 0.6) is 0 Å². The summed E-state index contributed by atoms with van der Waals surface area (Å²) in [6, 6.07) is 9.60. The first-order valence-corrected chi connectivity index (χ1v) is 5.17. The Bertz CT molecular complexity index is 433. The monoisotopic (exact) mass is 221 g/mol. The normalized spacial score (nSPS) is 10.5. The first kappa shape index (κ1) is 10.2. The minimum atomic E-state index is 0.599. The Morgan fingerprint density at radius 2 is 1.93 bits per heavy atom. The Hall–Kier alpha value is -1.32. The number of hydrogen-bond donors (Lipinski definition) is 1. The summed E-state index contributed by atoms with van der Waals surface area (Å²) in [6.45, 7) is 1.34. The molecule has 0 amide bonds. The predicted molar refractivity (Wildman–Crippen MR) is 61.7 cm³/mol. The lowest BCUT2D eigenvalue weighted by Gasteiger charge is -1.98. The zero-order valence-corrected chi connectivity index (χ0v) is 8.98. The van der Waals surface area contributed by atoms with E-state index in [0.717, 1.165) is 22.8 Å². The Kier molecular flexibility index (Phi) is 3.04. The zero-order valence-electron chi connectivity index (χ0n) is 8.23. The second kappa shape index (κ2) is 4.47. The van der Waals surface area contributed by atoms with Crippen molar-refractivity contribution in [1.29, 1.82) is 0 Å². The minimum Gasteiger partial charge on any atom is -0.329 e. The van der Waals surface area contributed by atoms with Gasteiger partial charge in [-0.25, -0.2) is 0 Å². The Labute approximate surface area is 93.5 Å². The number of nitrogens with two attached hydrogens (primary N) is 1. The first-order chi connectivity index (χ1) is 7.29. The number of hydrogen-bond acceptors (Lipinski definition) is 2. The molecule has 0 saturated carbocycles. The van der Waals surface area contributed by atoms with E-state index >= 15 is 0 Å². The Morgan fingerprint density at radius 1 is 1.20 bits per heavy atom. The van der Waals surface area contributed by atoms with Gasteiger partial charge in [-0.15, -0.1) is 0 Å². The van der Waals surface area contributed by atoms with E-state index in [2.05, 4.69) is 5.10 Å². The maximum atomic E-state index is 5.81. The van der Waals surface area contributed by atoms with Crippen LogP contribution in [0, 0.1) is 0 Å². The zero-order chi connectivity index (χ0) is 10.7. The molecule has 0 unspecified atom stereocenters. The molecule has 2 N–H and O–H groups in total. The van der Waals surface area contributed by atoms with Gasteiger partial charge in [0.25, 0.3) is 0 Å². The molecule has 15 heavy (non-hydrogen) atoms. The molecule has 0 aliphatic rings. The van der Waals surface area contributed by atoms with Crippen LogP contribution in [0.2, 0.25) is 5.02 Å². The van der Waals surface area contributed by atoms with E-state index in [1.807, 2.05) is 41.2 Å². The molecule has 4 heteroatoms. The number of aromatic nitrogens is 2. The molecule has 0 saturated heterocycles. The molecule has 0 spiro atoms. The van der Waals surface area contributed by atoms with Crippen molar-refractivity contribution in [2.45, 2.75) is 6.54 Å². The molecule has 2 aromatic rings. The van der Waals surface area contributed by atoms with Gasteiger partial charge in [0, 0.05) is 23.3 Å². The lowest BCUT2D eigenvalue weighted by molar-refractivity contribution is 0.627. The average molecular weight is 222 g/mol. The molecular weight excluding hydrogens is 210 g/mol. The van der Waals surface area contributed by atoms with Crippen molar-refractivity contribution in [2.24, 2.45) is 5.73 Å². The quantitative estimate of drug-likeness (QED) is 0.863. The van der Waals surface area contributed by atoms with Gasteiger partial charge in [0.15, 0.2) is 0 Å². The lowest BCUT2D eigenvalue weighted by atomic mass is 10.2. The summed E-state index contributed by atoms with van der Waals surface area (Å²) in [5, 5.41) is 5.13. The third-order valence-corrected chi connectivity index (χ3v) is 2.39. The Balaban J connectivity index is 2.25. The van der Waals surface area contributed by atoms with Gasteiger partial charge in [-0.2, -0.15) is 5.10 Å². The van der Waals surface area contributed by atoms with E-state index in [0.29, 0.717) is 6.54 Å². The van der Waals surface area contributed by atoms with Crippen molar-refractivity contribution < 1.29 is 0 Å². The number of rotatable bonds is 3. The van der Waals surface area contributed by atoms with Gasteiger partial charge >= 0.3 is 0 Å². The summed E-state index contributed by atoms with van der Waals surface area (Å²) in [5.41, 5.74) is 7.46. The standard InChI is InChI=1S/C11H12ClN3/c12-10-3-1-9(2-4-10)11-5-7-15(14-11)8-6-13/h1-5,7H,6,8,13H2. The summed E-state index contributed by atoms with van der Waals surface area (Å²) in [6.07, 6.45) is 1.93. The van der Waals surface area contributed by atoms with Crippen molar-refractivity contribution >= 4 is 11.6 Å². The van der Waals surface area contributed by atoms with E-state index in [1.54, 1.807) is 0 Å². The fourth-order valence-corrected chi connectivity index (χ4v) is 1.52. The molecule has 1 heterocycles. The van der Waals surface area contributed by atoms with Gasteiger partial charge in [-0.1, -0.05) is 23.7 Å². The highest BCUT2D eigenvalue weighted by molar-refractivity contribution is 6.30. The summed E-state index contributed by atoms with van der Waals surface area (Å²) in [4.78, 5) is 0. The predicted octanol–water partition coefficient (Wildman–Crippen LogP) is 2.16. The van der Waals surface area contributed by atoms with Gasteiger partial charge in [0.2, 0.25) is 0 Å². The summed E-state index contributed by atoms with van der Waals surface area (Å²) >= 11 is 5.81. The average Bonchev–Trinajstić information content (AvgIpc) is 2.68. The second-order valence-electron chi connectivity index (χ2n) is 3.26. The largest absolute Gasteiger partial charge is 0.329 e. The van der Waals surface area contributed by atoms with E-state index in [-0.39, 0.29) is 0 Å². The number of halogens is 1. The molecular formula is C11H12ClN3. The third kappa shape index (κ3) is 2.37. The molecule has 0 radical (unpaired) electrons. The molecule has 1 aromatic carbocycles. The van der Waals surface area contributed by atoms with Gasteiger partial charge in [0.1, 0.15) is 0 Å². The summed E-state index contributed by atoms with van der Waals surface area (Å²) in [7, 11) is 0. The number of nitrogens with zero attached hydrogens (tertiary/aromatic N) is 2. The number of benzene rings is 1. The smallest absolute Gasteiger partial charge is 0.0923 e. The van der Waals surface area contributed by atoms with Crippen LogP contribution in [-0.2, 0) is 6.54 Å². The molecule has 0 fully saturated rings.